The van der Waals surface area contributed by atoms with Gasteiger partial charge in [0.05, 0.1) is 17.1 Å². The fourth-order valence-corrected chi connectivity index (χ4v) is 2.68. The van der Waals surface area contributed by atoms with Crippen LogP contribution in [0.15, 0.2) is 30.3 Å². The first-order chi connectivity index (χ1) is 10.1. The van der Waals surface area contributed by atoms with E-state index in [0.717, 1.165) is 46.7 Å². The number of fused-ring (bicyclic) bond motifs is 1. The van der Waals surface area contributed by atoms with E-state index in [1.165, 1.54) is 0 Å². The Morgan fingerprint density at radius 3 is 2.52 bits per heavy atom. The van der Waals surface area contributed by atoms with Crippen LogP contribution in [0.5, 0.6) is 5.75 Å². The third-order valence-corrected chi connectivity index (χ3v) is 3.71. The highest BCUT2D eigenvalue weighted by Crippen LogP contribution is 2.20. The molecular weight excluding hydrogens is 262 g/mol. The van der Waals surface area contributed by atoms with Crippen molar-refractivity contribution in [2.24, 2.45) is 0 Å². The molecule has 4 heteroatoms. The van der Waals surface area contributed by atoms with E-state index < -0.39 is 0 Å². The number of imidazole rings is 1. The Kier molecular flexibility index (Phi) is 3.37. The molecule has 0 saturated carbocycles. The SMILES string of the molecule is CCc1nc2c(C)cc(C)nn2c1Cc1ccc(O)cc1. The first kappa shape index (κ1) is 13.6. The second kappa shape index (κ2) is 5.20. The van der Waals surface area contributed by atoms with Crippen molar-refractivity contribution in [1.82, 2.24) is 14.6 Å². The van der Waals surface area contributed by atoms with Crippen LogP contribution in [0.2, 0.25) is 0 Å². The lowest BCUT2D eigenvalue weighted by Gasteiger charge is -2.06. The molecular formula is C17H19N3O. The molecule has 0 atom stereocenters. The van der Waals surface area contributed by atoms with Gasteiger partial charge in [0, 0.05) is 6.42 Å². The number of phenolic OH excluding ortho intramolecular Hbond substituents is 1. The van der Waals surface area contributed by atoms with Gasteiger partial charge in [0.1, 0.15) is 5.75 Å². The minimum Gasteiger partial charge on any atom is -0.508 e. The Morgan fingerprint density at radius 2 is 1.86 bits per heavy atom. The van der Waals surface area contributed by atoms with Crippen LogP contribution >= 0.6 is 0 Å². The number of phenols is 1. The number of aromatic hydroxyl groups is 1. The third kappa shape index (κ3) is 2.49. The molecule has 0 spiro atoms. The molecule has 0 aliphatic rings. The molecule has 108 valence electrons. The minimum absolute atomic E-state index is 0.289. The van der Waals surface area contributed by atoms with Gasteiger partial charge in [-0.25, -0.2) is 9.50 Å². The quantitative estimate of drug-likeness (QED) is 0.802. The van der Waals surface area contributed by atoms with E-state index >= 15 is 0 Å². The van der Waals surface area contributed by atoms with Crippen molar-refractivity contribution in [2.75, 3.05) is 0 Å². The highest BCUT2D eigenvalue weighted by atomic mass is 16.3. The maximum Gasteiger partial charge on any atom is 0.157 e. The van der Waals surface area contributed by atoms with Gasteiger partial charge in [-0.3, -0.25) is 0 Å². The maximum atomic E-state index is 9.40. The first-order valence-electron chi connectivity index (χ1n) is 7.21. The van der Waals surface area contributed by atoms with Gasteiger partial charge >= 0.3 is 0 Å². The molecule has 0 fully saturated rings. The average Bonchev–Trinajstić information content (AvgIpc) is 2.80. The van der Waals surface area contributed by atoms with Crippen LogP contribution in [0.4, 0.5) is 0 Å². The highest BCUT2D eigenvalue weighted by Gasteiger charge is 2.14. The molecule has 1 N–H and O–H groups in total. The highest BCUT2D eigenvalue weighted by molar-refractivity contribution is 5.50. The Hall–Kier alpha value is -2.36. The molecule has 1 aromatic carbocycles. The van der Waals surface area contributed by atoms with E-state index in [1.54, 1.807) is 12.1 Å². The lowest BCUT2D eigenvalue weighted by Crippen LogP contribution is -2.03. The van der Waals surface area contributed by atoms with Crippen molar-refractivity contribution in [3.05, 3.63) is 58.5 Å². The van der Waals surface area contributed by atoms with Gasteiger partial charge in [-0.05, 0) is 49.6 Å². The summed E-state index contributed by atoms with van der Waals surface area (Å²) in [5, 5.41) is 14.0. The van der Waals surface area contributed by atoms with Crippen LogP contribution in [-0.2, 0) is 12.8 Å². The minimum atomic E-state index is 0.289. The lowest BCUT2D eigenvalue weighted by molar-refractivity contribution is 0.475. The van der Waals surface area contributed by atoms with Crippen LogP contribution < -0.4 is 0 Å². The fraction of sp³-hybridized carbons (Fsp3) is 0.294. The molecule has 2 aromatic heterocycles. The van der Waals surface area contributed by atoms with Gasteiger partial charge in [-0.15, -0.1) is 0 Å². The zero-order valence-corrected chi connectivity index (χ0v) is 12.6. The van der Waals surface area contributed by atoms with Gasteiger partial charge in [-0.2, -0.15) is 5.10 Å². The molecule has 2 heterocycles. The number of nitrogens with zero attached hydrogens (tertiary/aromatic N) is 3. The average molecular weight is 281 g/mol. The second-order valence-electron chi connectivity index (χ2n) is 5.41. The van der Waals surface area contributed by atoms with Crippen LogP contribution in [-0.4, -0.2) is 19.7 Å². The molecule has 0 saturated heterocycles. The number of aromatic nitrogens is 3. The topological polar surface area (TPSA) is 50.4 Å². The monoisotopic (exact) mass is 281 g/mol. The van der Waals surface area contributed by atoms with Gasteiger partial charge in [0.15, 0.2) is 5.65 Å². The van der Waals surface area contributed by atoms with E-state index in [0.29, 0.717) is 0 Å². The van der Waals surface area contributed by atoms with E-state index in [2.05, 4.69) is 25.0 Å². The molecule has 0 bridgehead atoms. The van der Waals surface area contributed by atoms with Crippen molar-refractivity contribution in [3.63, 3.8) is 0 Å². The molecule has 21 heavy (non-hydrogen) atoms. The van der Waals surface area contributed by atoms with E-state index in [9.17, 15) is 5.11 Å². The maximum absolute atomic E-state index is 9.40. The molecule has 0 aliphatic carbocycles. The largest absolute Gasteiger partial charge is 0.508 e. The summed E-state index contributed by atoms with van der Waals surface area (Å²) in [4.78, 5) is 4.74. The first-order valence-corrected chi connectivity index (χ1v) is 7.21. The summed E-state index contributed by atoms with van der Waals surface area (Å²) in [7, 11) is 0. The Labute approximate surface area is 124 Å². The predicted molar refractivity (Wildman–Crippen MR) is 82.8 cm³/mol. The van der Waals surface area contributed by atoms with Crippen molar-refractivity contribution in [2.45, 2.75) is 33.6 Å². The van der Waals surface area contributed by atoms with Crippen LogP contribution in [0.3, 0.4) is 0 Å². The van der Waals surface area contributed by atoms with Crippen molar-refractivity contribution < 1.29 is 5.11 Å². The van der Waals surface area contributed by atoms with E-state index in [-0.39, 0.29) is 5.75 Å². The van der Waals surface area contributed by atoms with Gasteiger partial charge < -0.3 is 5.11 Å². The third-order valence-electron chi connectivity index (χ3n) is 3.71. The van der Waals surface area contributed by atoms with Crippen LogP contribution in [0, 0.1) is 13.8 Å². The van der Waals surface area contributed by atoms with E-state index in [1.807, 2.05) is 23.6 Å². The van der Waals surface area contributed by atoms with Gasteiger partial charge in [-0.1, -0.05) is 19.1 Å². The molecule has 0 aliphatic heterocycles. The summed E-state index contributed by atoms with van der Waals surface area (Å²) < 4.78 is 1.97. The number of hydrogen-bond donors (Lipinski definition) is 1. The number of hydrogen-bond acceptors (Lipinski definition) is 3. The predicted octanol–water partition coefficient (Wildman–Crippen LogP) is 3.20. The van der Waals surface area contributed by atoms with Crippen LogP contribution in [0.1, 0.15) is 35.1 Å². The Balaban J connectivity index is 2.13. The number of aryl methyl sites for hydroxylation is 3. The summed E-state index contributed by atoms with van der Waals surface area (Å²) in [6.45, 7) is 6.19. The fourth-order valence-electron chi connectivity index (χ4n) is 2.68. The summed E-state index contributed by atoms with van der Waals surface area (Å²) in [5.74, 6) is 0.289. The number of rotatable bonds is 3. The smallest absolute Gasteiger partial charge is 0.157 e. The molecule has 3 aromatic rings. The zero-order chi connectivity index (χ0) is 15.0. The van der Waals surface area contributed by atoms with Crippen molar-refractivity contribution in [3.8, 4) is 5.75 Å². The Bertz CT molecular complexity index is 788. The summed E-state index contributed by atoms with van der Waals surface area (Å²) in [5.41, 5.74) is 6.44. The standard InChI is InChI=1S/C17H19N3O/c1-4-15-16(10-13-5-7-14(21)8-6-13)20-17(18-15)11(2)9-12(3)19-20/h5-9,21H,4,10H2,1-3H3. The molecule has 0 unspecified atom stereocenters. The Morgan fingerprint density at radius 1 is 1.14 bits per heavy atom. The molecule has 3 rings (SSSR count). The van der Waals surface area contributed by atoms with Crippen LogP contribution in [0.25, 0.3) is 5.65 Å². The van der Waals surface area contributed by atoms with Crippen molar-refractivity contribution in [1.29, 1.82) is 0 Å². The summed E-state index contributed by atoms with van der Waals surface area (Å²) in [6, 6.07) is 9.38. The molecule has 4 nitrogen and oxygen atoms in total. The summed E-state index contributed by atoms with van der Waals surface area (Å²) in [6.07, 6.45) is 1.65. The summed E-state index contributed by atoms with van der Waals surface area (Å²) >= 11 is 0. The molecule has 0 amide bonds. The van der Waals surface area contributed by atoms with E-state index in [4.69, 9.17) is 4.98 Å². The number of benzene rings is 1. The van der Waals surface area contributed by atoms with Gasteiger partial charge in [0.2, 0.25) is 0 Å². The normalized spacial score (nSPS) is 11.2. The van der Waals surface area contributed by atoms with Gasteiger partial charge in [0.25, 0.3) is 0 Å². The lowest BCUT2D eigenvalue weighted by atomic mass is 10.1. The zero-order valence-electron chi connectivity index (χ0n) is 12.6. The van der Waals surface area contributed by atoms with Crippen molar-refractivity contribution >= 4 is 5.65 Å². The molecule has 0 radical (unpaired) electrons. The second-order valence-corrected chi connectivity index (χ2v) is 5.41.